The number of pyridine rings is 1. The normalized spacial score (nSPS) is 18.7. The van der Waals surface area contributed by atoms with Crippen molar-refractivity contribution in [3.63, 3.8) is 0 Å². The Morgan fingerprint density at radius 1 is 1.03 bits per heavy atom. The Labute approximate surface area is 192 Å². The highest BCUT2D eigenvalue weighted by atomic mass is 16.6. The van der Waals surface area contributed by atoms with E-state index in [2.05, 4.69) is 4.98 Å². The van der Waals surface area contributed by atoms with Crippen molar-refractivity contribution in [2.75, 3.05) is 18.1 Å². The molecule has 3 heterocycles. The van der Waals surface area contributed by atoms with Gasteiger partial charge in [-0.3, -0.25) is 24.6 Å². The van der Waals surface area contributed by atoms with E-state index in [-0.39, 0.29) is 28.2 Å². The van der Waals surface area contributed by atoms with Crippen molar-refractivity contribution < 1.29 is 29.1 Å². The van der Waals surface area contributed by atoms with Crippen LogP contribution in [0.3, 0.4) is 0 Å². The Kier molecular flexibility index (Phi) is 5.17. The molecule has 0 spiro atoms. The summed E-state index contributed by atoms with van der Waals surface area (Å²) in [6, 6.07) is 13.9. The molecule has 0 radical (unpaired) electrons. The van der Waals surface area contributed by atoms with E-state index in [1.54, 1.807) is 36.4 Å². The molecule has 1 aromatic heterocycles. The number of ether oxygens (including phenoxy) is 2. The summed E-state index contributed by atoms with van der Waals surface area (Å²) < 4.78 is 11.1. The lowest BCUT2D eigenvalue weighted by Gasteiger charge is -2.24. The summed E-state index contributed by atoms with van der Waals surface area (Å²) in [6.45, 7) is 0.718. The number of aliphatic hydroxyl groups is 1. The molecule has 3 aromatic rings. The maximum absolute atomic E-state index is 13.2. The van der Waals surface area contributed by atoms with Crippen LogP contribution in [0.15, 0.2) is 72.4 Å². The molecule has 0 saturated carbocycles. The molecule has 2 aromatic carbocycles. The largest absolute Gasteiger partial charge is 0.507 e. The number of anilines is 1. The summed E-state index contributed by atoms with van der Waals surface area (Å²) in [6.07, 6.45) is 1.46. The third-order valence-corrected chi connectivity index (χ3v) is 5.55. The van der Waals surface area contributed by atoms with Crippen LogP contribution in [0.1, 0.15) is 17.2 Å². The number of nitro benzene ring substituents is 1. The first-order valence-corrected chi connectivity index (χ1v) is 10.3. The second-order valence-corrected chi connectivity index (χ2v) is 7.57. The third kappa shape index (κ3) is 3.51. The zero-order valence-electron chi connectivity index (χ0n) is 17.6. The summed E-state index contributed by atoms with van der Waals surface area (Å²) in [7, 11) is 0. The molecule has 1 amide bonds. The molecule has 170 valence electrons. The van der Waals surface area contributed by atoms with Crippen molar-refractivity contribution in [2.24, 2.45) is 0 Å². The summed E-state index contributed by atoms with van der Waals surface area (Å²) >= 11 is 0. The van der Waals surface area contributed by atoms with E-state index < -0.39 is 28.4 Å². The molecule has 2 aliphatic heterocycles. The van der Waals surface area contributed by atoms with Gasteiger partial charge in [0.1, 0.15) is 24.8 Å². The van der Waals surface area contributed by atoms with Crippen LogP contribution < -0.4 is 14.4 Å². The fourth-order valence-electron chi connectivity index (χ4n) is 4.04. The maximum atomic E-state index is 13.2. The minimum atomic E-state index is -1.14. The van der Waals surface area contributed by atoms with Crippen LogP contribution in [0, 0.1) is 10.1 Å². The topological polar surface area (TPSA) is 132 Å². The van der Waals surface area contributed by atoms with Gasteiger partial charge >= 0.3 is 5.91 Å². The monoisotopic (exact) mass is 459 g/mol. The molecule has 34 heavy (non-hydrogen) atoms. The molecule has 10 nitrogen and oxygen atoms in total. The molecule has 1 fully saturated rings. The lowest BCUT2D eigenvalue weighted by Crippen LogP contribution is -2.30. The molecule has 0 aliphatic carbocycles. The molecule has 1 saturated heterocycles. The minimum absolute atomic E-state index is 0.169. The average Bonchev–Trinajstić information content (AvgIpc) is 3.14. The van der Waals surface area contributed by atoms with Crippen LogP contribution in [-0.4, -0.2) is 39.9 Å². The lowest BCUT2D eigenvalue weighted by atomic mass is 9.95. The van der Waals surface area contributed by atoms with Gasteiger partial charge in [0.05, 0.1) is 16.5 Å². The fourth-order valence-corrected chi connectivity index (χ4v) is 4.04. The number of non-ortho nitro benzene ring substituents is 1. The molecule has 1 unspecified atom stereocenters. The SMILES string of the molecule is O=C1C(=O)N(c2ccccn2)C(c2cccc([N+](=O)[O-])c2)C1=C(O)c1ccc2c(c1)OCCO2. The van der Waals surface area contributed by atoms with E-state index in [1.807, 2.05) is 0 Å². The van der Waals surface area contributed by atoms with Crippen LogP contribution in [-0.2, 0) is 9.59 Å². The van der Waals surface area contributed by atoms with Crippen LogP contribution in [0.4, 0.5) is 11.5 Å². The van der Waals surface area contributed by atoms with Crippen molar-refractivity contribution in [1.29, 1.82) is 0 Å². The predicted octanol–water partition coefficient (Wildman–Crippen LogP) is 3.39. The number of aromatic nitrogens is 1. The summed E-state index contributed by atoms with van der Waals surface area (Å²) in [4.78, 5) is 42.4. The van der Waals surface area contributed by atoms with E-state index >= 15 is 0 Å². The van der Waals surface area contributed by atoms with E-state index in [1.165, 1.54) is 30.5 Å². The van der Waals surface area contributed by atoms with Gasteiger partial charge in [-0.15, -0.1) is 0 Å². The Hall–Kier alpha value is -4.73. The van der Waals surface area contributed by atoms with Crippen LogP contribution in [0.25, 0.3) is 5.76 Å². The van der Waals surface area contributed by atoms with Gasteiger partial charge in [0.25, 0.3) is 11.5 Å². The van der Waals surface area contributed by atoms with Crippen molar-refractivity contribution >= 4 is 29.0 Å². The van der Waals surface area contributed by atoms with E-state index in [4.69, 9.17) is 9.47 Å². The third-order valence-electron chi connectivity index (χ3n) is 5.55. The number of rotatable bonds is 4. The summed E-state index contributed by atoms with van der Waals surface area (Å²) in [5.74, 6) is -1.23. The number of nitrogens with zero attached hydrogens (tertiary/aromatic N) is 3. The smallest absolute Gasteiger partial charge is 0.301 e. The standard InChI is InChI=1S/C24H17N3O7/c28-22(15-7-8-17-18(13-15)34-11-10-33-17)20-21(14-4-3-5-16(12-14)27(31)32)26(24(30)23(20)29)19-6-1-2-9-25-19/h1-9,12-13,21,28H,10-11H2. The molecule has 1 N–H and O–H groups in total. The summed E-state index contributed by atoms with van der Waals surface area (Å²) in [5.41, 5.74) is 0.0770. The van der Waals surface area contributed by atoms with Crippen molar-refractivity contribution in [1.82, 2.24) is 4.98 Å². The summed E-state index contributed by atoms with van der Waals surface area (Å²) in [5, 5.41) is 22.6. The number of carbonyl (C=O) groups is 2. The van der Waals surface area contributed by atoms with Gasteiger partial charge in [-0.2, -0.15) is 0 Å². The Morgan fingerprint density at radius 3 is 2.56 bits per heavy atom. The number of amides is 1. The van der Waals surface area contributed by atoms with Crippen LogP contribution in [0.2, 0.25) is 0 Å². The zero-order chi connectivity index (χ0) is 23.8. The quantitative estimate of drug-likeness (QED) is 0.206. The predicted molar refractivity (Wildman–Crippen MR) is 120 cm³/mol. The van der Waals surface area contributed by atoms with Gasteiger partial charge in [0, 0.05) is 23.9 Å². The number of hydrogen-bond acceptors (Lipinski definition) is 8. The molecular formula is C24H17N3O7. The Balaban J connectivity index is 1.71. The van der Waals surface area contributed by atoms with Crippen molar-refractivity contribution in [3.8, 4) is 11.5 Å². The molecule has 0 bridgehead atoms. The van der Waals surface area contributed by atoms with Crippen molar-refractivity contribution in [2.45, 2.75) is 6.04 Å². The van der Waals surface area contributed by atoms with Gasteiger partial charge in [0.2, 0.25) is 0 Å². The molecule has 2 aliphatic rings. The lowest BCUT2D eigenvalue weighted by molar-refractivity contribution is -0.384. The molecule has 5 rings (SSSR count). The van der Waals surface area contributed by atoms with E-state index in [0.29, 0.717) is 24.7 Å². The van der Waals surface area contributed by atoms with Gasteiger partial charge in [-0.1, -0.05) is 18.2 Å². The zero-order valence-corrected chi connectivity index (χ0v) is 17.6. The van der Waals surface area contributed by atoms with Crippen LogP contribution >= 0.6 is 0 Å². The maximum Gasteiger partial charge on any atom is 0.301 e. The van der Waals surface area contributed by atoms with Crippen molar-refractivity contribution in [3.05, 3.63) is 93.7 Å². The number of carbonyl (C=O) groups excluding carboxylic acids is 2. The highest BCUT2D eigenvalue weighted by Gasteiger charge is 2.47. The first-order valence-electron chi connectivity index (χ1n) is 10.3. The average molecular weight is 459 g/mol. The first kappa shape index (κ1) is 21.1. The van der Waals surface area contributed by atoms with Gasteiger partial charge in [-0.25, -0.2) is 4.98 Å². The van der Waals surface area contributed by atoms with Gasteiger partial charge < -0.3 is 14.6 Å². The van der Waals surface area contributed by atoms with Crippen LogP contribution in [0.5, 0.6) is 11.5 Å². The number of hydrogen-bond donors (Lipinski definition) is 1. The highest BCUT2D eigenvalue weighted by molar-refractivity contribution is 6.51. The minimum Gasteiger partial charge on any atom is -0.507 e. The van der Waals surface area contributed by atoms with Gasteiger partial charge in [0.15, 0.2) is 11.5 Å². The highest BCUT2D eigenvalue weighted by Crippen LogP contribution is 2.43. The number of benzene rings is 2. The van der Waals surface area contributed by atoms with Gasteiger partial charge in [-0.05, 0) is 35.9 Å². The fraction of sp³-hybridized carbons (Fsp3) is 0.125. The number of fused-ring (bicyclic) bond motifs is 1. The molecule has 10 heteroatoms. The number of ketones is 1. The second-order valence-electron chi connectivity index (χ2n) is 7.57. The number of aliphatic hydroxyl groups excluding tert-OH is 1. The molecular weight excluding hydrogens is 442 g/mol. The molecule has 1 atom stereocenters. The Bertz CT molecular complexity index is 1350. The van der Waals surface area contributed by atoms with E-state index in [9.17, 15) is 24.8 Å². The number of Topliss-reactive ketones (excluding diaryl/α,β-unsaturated/α-hetero) is 1. The number of nitro groups is 1. The van der Waals surface area contributed by atoms with E-state index in [0.717, 1.165) is 4.90 Å². The second kappa shape index (κ2) is 8.32. The first-order chi connectivity index (χ1) is 16.5. The Morgan fingerprint density at radius 2 is 1.82 bits per heavy atom.